The summed E-state index contributed by atoms with van der Waals surface area (Å²) in [6.07, 6.45) is 3.68. The van der Waals surface area contributed by atoms with Gasteiger partial charge in [-0.05, 0) is 49.5 Å². The molecule has 1 fully saturated rings. The number of rotatable bonds is 5. The second kappa shape index (κ2) is 6.73. The third kappa shape index (κ3) is 4.64. The molecule has 5 heteroatoms. The Morgan fingerprint density at radius 2 is 2.04 bits per heavy atom. The summed E-state index contributed by atoms with van der Waals surface area (Å²) in [4.78, 5) is 15.2. The highest BCUT2D eigenvalue weighted by molar-refractivity contribution is 7.90. The van der Waals surface area contributed by atoms with Gasteiger partial charge in [-0.15, -0.1) is 0 Å². The molecular formula is C18H27NO3S. The van der Waals surface area contributed by atoms with Crippen LogP contribution in [0.15, 0.2) is 29.2 Å². The van der Waals surface area contributed by atoms with E-state index >= 15 is 0 Å². The molecule has 23 heavy (non-hydrogen) atoms. The fraction of sp³-hybridized carbons (Fsp3) is 0.611. The van der Waals surface area contributed by atoms with E-state index < -0.39 is 9.84 Å². The van der Waals surface area contributed by atoms with Crippen LogP contribution in [0.4, 0.5) is 0 Å². The summed E-state index contributed by atoms with van der Waals surface area (Å²) in [6, 6.07) is 6.98. The lowest BCUT2D eigenvalue weighted by Gasteiger charge is -2.32. The molecule has 0 bridgehead atoms. The van der Waals surface area contributed by atoms with E-state index in [1.165, 1.54) is 6.26 Å². The van der Waals surface area contributed by atoms with Gasteiger partial charge in [-0.1, -0.05) is 26.0 Å². The number of carbonyl (C=O) groups is 1. The van der Waals surface area contributed by atoms with Crippen LogP contribution >= 0.6 is 0 Å². The number of likely N-dealkylation sites (tertiary alicyclic amines) is 1. The second-order valence-corrected chi connectivity index (χ2v) is 9.44. The first kappa shape index (κ1) is 18.1. The van der Waals surface area contributed by atoms with Crippen molar-refractivity contribution in [3.63, 3.8) is 0 Å². The normalized spacial score (nSPS) is 20.4. The molecule has 1 aliphatic heterocycles. The second-order valence-electron chi connectivity index (χ2n) is 7.43. The fourth-order valence-electron chi connectivity index (χ4n) is 3.26. The predicted molar refractivity (Wildman–Crippen MR) is 92.4 cm³/mol. The molecule has 1 aliphatic rings. The largest absolute Gasteiger partial charge is 0.306 e. The zero-order valence-electron chi connectivity index (χ0n) is 14.5. The molecule has 1 aromatic rings. The summed E-state index contributed by atoms with van der Waals surface area (Å²) >= 11 is 0. The third-order valence-corrected chi connectivity index (χ3v) is 5.85. The molecule has 2 rings (SSSR count). The molecule has 1 heterocycles. The highest BCUT2D eigenvalue weighted by Gasteiger charge is 2.30. The van der Waals surface area contributed by atoms with E-state index in [0.717, 1.165) is 31.5 Å². The number of piperidine rings is 1. The smallest absolute Gasteiger partial charge is 0.175 e. The summed E-state index contributed by atoms with van der Waals surface area (Å²) < 4.78 is 23.5. The van der Waals surface area contributed by atoms with Crippen molar-refractivity contribution in [3.8, 4) is 0 Å². The molecule has 0 unspecified atom stereocenters. The molecule has 0 saturated carbocycles. The lowest BCUT2D eigenvalue weighted by molar-refractivity contribution is -0.125. The number of sulfone groups is 1. The molecule has 0 spiro atoms. The minimum atomic E-state index is -3.23. The van der Waals surface area contributed by atoms with Crippen LogP contribution in [0.5, 0.6) is 0 Å². The maximum Gasteiger partial charge on any atom is 0.175 e. The zero-order valence-corrected chi connectivity index (χ0v) is 15.3. The first-order chi connectivity index (χ1) is 10.6. The van der Waals surface area contributed by atoms with Gasteiger partial charge in [0.25, 0.3) is 0 Å². The van der Waals surface area contributed by atoms with Crippen LogP contribution in [-0.2, 0) is 20.0 Å². The van der Waals surface area contributed by atoms with Crippen LogP contribution in [0.25, 0.3) is 0 Å². The van der Waals surface area contributed by atoms with Crippen LogP contribution in [0, 0.1) is 5.92 Å². The first-order valence-electron chi connectivity index (χ1n) is 8.11. The summed E-state index contributed by atoms with van der Waals surface area (Å²) in [5.41, 5.74) is 0.534. The number of hydrogen-bond donors (Lipinski definition) is 0. The number of benzene rings is 1. The van der Waals surface area contributed by atoms with Gasteiger partial charge in [0.05, 0.1) is 4.90 Å². The molecule has 0 radical (unpaired) electrons. The molecule has 0 amide bonds. The summed E-state index contributed by atoms with van der Waals surface area (Å²) in [7, 11) is -1.18. The van der Waals surface area contributed by atoms with Gasteiger partial charge in [0.2, 0.25) is 0 Å². The van der Waals surface area contributed by atoms with E-state index in [9.17, 15) is 13.2 Å². The van der Waals surface area contributed by atoms with E-state index in [-0.39, 0.29) is 17.1 Å². The van der Waals surface area contributed by atoms with Crippen LogP contribution in [0.3, 0.4) is 0 Å². The van der Waals surface area contributed by atoms with Gasteiger partial charge < -0.3 is 4.90 Å². The minimum Gasteiger partial charge on any atom is -0.306 e. The molecule has 0 N–H and O–H groups in total. The van der Waals surface area contributed by atoms with Crippen molar-refractivity contribution in [2.75, 3.05) is 26.4 Å². The van der Waals surface area contributed by atoms with E-state index in [2.05, 4.69) is 11.9 Å². The van der Waals surface area contributed by atoms with E-state index in [1.807, 2.05) is 19.9 Å². The fourth-order valence-corrected chi connectivity index (χ4v) is 3.93. The number of hydrogen-bond acceptors (Lipinski definition) is 4. The number of nitrogens with zero attached hydrogens (tertiary/aromatic N) is 1. The molecule has 1 saturated heterocycles. The van der Waals surface area contributed by atoms with E-state index in [4.69, 9.17) is 0 Å². The van der Waals surface area contributed by atoms with Crippen molar-refractivity contribution < 1.29 is 13.2 Å². The molecule has 128 valence electrons. The average Bonchev–Trinajstić information content (AvgIpc) is 2.46. The number of Topliss-reactive ketones (excluding diaryl/α,β-unsaturated/α-hetero) is 1. The first-order valence-corrected chi connectivity index (χ1v) is 10.0. The Morgan fingerprint density at radius 1 is 1.35 bits per heavy atom. The van der Waals surface area contributed by atoms with Gasteiger partial charge in [-0.3, -0.25) is 4.79 Å². The van der Waals surface area contributed by atoms with Crippen molar-refractivity contribution in [1.29, 1.82) is 0 Å². The van der Waals surface area contributed by atoms with Crippen LogP contribution < -0.4 is 0 Å². The third-order valence-electron chi connectivity index (χ3n) is 4.74. The van der Waals surface area contributed by atoms with Crippen molar-refractivity contribution in [3.05, 3.63) is 29.8 Å². The van der Waals surface area contributed by atoms with Crippen LogP contribution in [-0.4, -0.2) is 45.5 Å². The molecule has 0 aromatic heterocycles. The van der Waals surface area contributed by atoms with Crippen molar-refractivity contribution >= 4 is 15.6 Å². The average molecular weight is 337 g/mol. The van der Waals surface area contributed by atoms with Gasteiger partial charge in [0, 0.05) is 25.1 Å². The Balaban J connectivity index is 2.16. The summed E-state index contributed by atoms with van der Waals surface area (Å²) in [5.74, 6) is 0.387. The van der Waals surface area contributed by atoms with Crippen molar-refractivity contribution in [2.24, 2.45) is 5.92 Å². The molecule has 1 aromatic carbocycles. The summed E-state index contributed by atoms with van der Waals surface area (Å²) in [6.45, 7) is 5.92. The van der Waals surface area contributed by atoms with Gasteiger partial charge in [0.15, 0.2) is 9.84 Å². The highest BCUT2D eigenvalue weighted by atomic mass is 32.2. The van der Waals surface area contributed by atoms with Crippen molar-refractivity contribution in [2.45, 2.75) is 43.4 Å². The monoisotopic (exact) mass is 337 g/mol. The maximum atomic E-state index is 12.7. The summed E-state index contributed by atoms with van der Waals surface area (Å²) in [5, 5.41) is 0. The van der Waals surface area contributed by atoms with Gasteiger partial charge >= 0.3 is 0 Å². The Hall–Kier alpha value is -1.20. The Labute approximate surface area is 139 Å². The van der Waals surface area contributed by atoms with Crippen LogP contribution in [0.2, 0.25) is 0 Å². The van der Waals surface area contributed by atoms with E-state index in [0.29, 0.717) is 11.3 Å². The van der Waals surface area contributed by atoms with Crippen molar-refractivity contribution in [1.82, 2.24) is 4.90 Å². The lowest BCUT2D eigenvalue weighted by atomic mass is 9.77. The number of carbonyl (C=O) groups excluding carboxylic acids is 1. The topological polar surface area (TPSA) is 54.5 Å². The minimum absolute atomic E-state index is 0.103. The molecule has 0 aliphatic carbocycles. The Kier molecular flexibility index (Phi) is 5.31. The Bertz CT molecular complexity index is 679. The van der Waals surface area contributed by atoms with Gasteiger partial charge in [0.1, 0.15) is 5.78 Å². The van der Waals surface area contributed by atoms with Crippen LogP contribution in [0.1, 0.15) is 38.7 Å². The van der Waals surface area contributed by atoms with Gasteiger partial charge in [-0.2, -0.15) is 0 Å². The number of ketones is 1. The predicted octanol–water partition coefficient (Wildman–Crippen LogP) is 2.67. The zero-order chi connectivity index (χ0) is 17.3. The SMILES string of the molecule is CN1CCC[C@H](C(=O)CC(C)(C)c2cccc(S(C)(=O)=O)c2)C1. The highest BCUT2D eigenvalue weighted by Crippen LogP contribution is 2.31. The maximum absolute atomic E-state index is 12.7. The lowest BCUT2D eigenvalue weighted by Crippen LogP contribution is -2.38. The van der Waals surface area contributed by atoms with Gasteiger partial charge in [-0.25, -0.2) is 8.42 Å². The molecule has 4 nitrogen and oxygen atoms in total. The Morgan fingerprint density at radius 3 is 2.65 bits per heavy atom. The standard InChI is InChI=1S/C18H27NO3S/c1-18(2,12-17(20)14-7-6-10-19(3)13-14)15-8-5-9-16(11-15)23(4,21)22/h5,8-9,11,14H,6-7,10,12-13H2,1-4H3/t14-/m0/s1. The van der Waals surface area contributed by atoms with E-state index in [1.54, 1.807) is 18.2 Å². The quantitative estimate of drug-likeness (QED) is 0.829. The molecular weight excluding hydrogens is 310 g/mol. The molecule has 1 atom stereocenters.